The highest BCUT2D eigenvalue weighted by molar-refractivity contribution is 6.27. The van der Waals surface area contributed by atoms with Gasteiger partial charge in [-0.15, -0.1) is 0 Å². The first kappa shape index (κ1) is 25.1. The van der Waals surface area contributed by atoms with E-state index in [-0.39, 0.29) is 11.3 Å². The smallest absolute Gasteiger partial charge is 0.259 e. The molecule has 1 aliphatic heterocycles. The first-order chi connectivity index (χ1) is 15.1. The molecule has 6 heteroatoms. The molecule has 1 aromatic carbocycles. The van der Waals surface area contributed by atoms with E-state index < -0.39 is 29.6 Å². The molecule has 4 atom stereocenters. The molecule has 32 heavy (non-hydrogen) atoms. The highest BCUT2D eigenvalue weighted by Crippen LogP contribution is 2.26. The number of aliphatic hydroxyl groups excluding tert-OH is 2. The molecule has 1 fully saturated rings. The Morgan fingerprint density at radius 2 is 1.75 bits per heavy atom. The van der Waals surface area contributed by atoms with Gasteiger partial charge in [-0.1, -0.05) is 69.2 Å². The lowest BCUT2D eigenvalue weighted by Gasteiger charge is -2.16. The van der Waals surface area contributed by atoms with Crippen LogP contribution in [-0.4, -0.2) is 33.1 Å². The summed E-state index contributed by atoms with van der Waals surface area (Å²) in [5, 5.41) is 32.5. The molecule has 0 aromatic heterocycles. The molecule has 0 radical (unpaired) electrons. The number of aromatic hydroxyl groups is 1. The summed E-state index contributed by atoms with van der Waals surface area (Å²) in [4.78, 5) is 24.9. The third-order valence-corrected chi connectivity index (χ3v) is 5.59. The first-order valence-electron chi connectivity index (χ1n) is 10.9. The maximum absolute atomic E-state index is 12.6. The van der Waals surface area contributed by atoms with Gasteiger partial charge >= 0.3 is 0 Å². The van der Waals surface area contributed by atoms with Gasteiger partial charge in [-0.2, -0.15) is 0 Å². The molecule has 1 aromatic rings. The highest BCUT2D eigenvalue weighted by Gasteiger charge is 2.42. The summed E-state index contributed by atoms with van der Waals surface area (Å²) < 4.78 is 0. The summed E-state index contributed by atoms with van der Waals surface area (Å²) in [7, 11) is 0. The predicted octanol–water partition coefficient (Wildman–Crippen LogP) is 4.44. The fraction of sp³-hybridized carbons (Fsp3) is 0.385. The van der Waals surface area contributed by atoms with Crippen molar-refractivity contribution in [3.05, 3.63) is 77.1 Å². The third kappa shape index (κ3) is 6.69. The van der Waals surface area contributed by atoms with Gasteiger partial charge in [-0.05, 0) is 49.0 Å². The number of hydrogen-bond acceptors (Lipinski definition) is 5. The Balaban J connectivity index is 2.06. The number of rotatable bonds is 9. The van der Waals surface area contributed by atoms with Gasteiger partial charge in [0.15, 0.2) is 5.78 Å². The maximum atomic E-state index is 12.6. The molecule has 2 rings (SSSR count). The van der Waals surface area contributed by atoms with Crippen molar-refractivity contribution in [2.24, 2.45) is 11.8 Å². The van der Waals surface area contributed by atoms with Gasteiger partial charge in [-0.3, -0.25) is 9.59 Å². The molecule has 4 N–H and O–H groups in total. The lowest BCUT2D eigenvalue weighted by atomic mass is 9.94. The molecule has 1 aliphatic rings. The lowest BCUT2D eigenvalue weighted by Crippen LogP contribution is -2.35. The number of amides is 1. The van der Waals surface area contributed by atoms with Crippen LogP contribution in [0.3, 0.4) is 0 Å². The number of aliphatic hydroxyl groups is 2. The van der Waals surface area contributed by atoms with Crippen molar-refractivity contribution in [2.75, 3.05) is 0 Å². The molecule has 0 spiro atoms. The molecule has 0 bridgehead atoms. The van der Waals surface area contributed by atoms with Gasteiger partial charge in [-0.25, -0.2) is 0 Å². The van der Waals surface area contributed by atoms with E-state index in [0.29, 0.717) is 17.4 Å². The summed E-state index contributed by atoms with van der Waals surface area (Å²) in [6.45, 7) is 8.61. The number of allylic oxidation sites excluding steroid dienone is 6. The summed E-state index contributed by atoms with van der Waals surface area (Å²) in [6, 6.07) is 4.48. The number of nitrogens with one attached hydrogen (secondary N) is 1. The van der Waals surface area contributed by atoms with Crippen LogP contribution in [0.2, 0.25) is 0 Å². The summed E-state index contributed by atoms with van der Waals surface area (Å²) in [5.74, 6) is -0.715. The molecule has 1 saturated heterocycles. The largest absolute Gasteiger partial charge is 0.508 e. The average Bonchev–Trinajstić information content (AvgIpc) is 3.04. The normalized spacial score (nSPS) is 21.8. The van der Waals surface area contributed by atoms with Crippen LogP contribution in [0.15, 0.2) is 71.6 Å². The first-order valence-corrected chi connectivity index (χ1v) is 10.9. The number of benzene rings is 1. The van der Waals surface area contributed by atoms with Crippen molar-refractivity contribution in [3.63, 3.8) is 0 Å². The van der Waals surface area contributed by atoms with Gasteiger partial charge < -0.3 is 20.6 Å². The van der Waals surface area contributed by atoms with E-state index >= 15 is 0 Å². The molecule has 6 nitrogen and oxygen atoms in total. The van der Waals surface area contributed by atoms with Crippen molar-refractivity contribution < 1.29 is 24.9 Å². The van der Waals surface area contributed by atoms with Crippen LogP contribution in [0.1, 0.15) is 52.2 Å². The fourth-order valence-corrected chi connectivity index (χ4v) is 3.69. The van der Waals surface area contributed by atoms with E-state index in [0.717, 1.165) is 18.4 Å². The second-order valence-corrected chi connectivity index (χ2v) is 8.47. The van der Waals surface area contributed by atoms with Gasteiger partial charge in [0.2, 0.25) is 0 Å². The zero-order valence-electron chi connectivity index (χ0n) is 19.1. The van der Waals surface area contributed by atoms with E-state index in [4.69, 9.17) is 0 Å². The predicted molar refractivity (Wildman–Crippen MR) is 125 cm³/mol. The molecule has 0 unspecified atom stereocenters. The Labute approximate surface area is 189 Å². The Morgan fingerprint density at radius 1 is 1.12 bits per heavy atom. The van der Waals surface area contributed by atoms with E-state index in [9.17, 15) is 24.9 Å². The van der Waals surface area contributed by atoms with Gasteiger partial charge in [0.25, 0.3) is 5.91 Å². The Bertz CT molecular complexity index is 939. The van der Waals surface area contributed by atoms with Crippen LogP contribution < -0.4 is 5.32 Å². The number of Topliss-reactive ketones (excluding diaryl/α,β-unsaturated/α-hetero) is 1. The van der Waals surface area contributed by atoms with Crippen molar-refractivity contribution >= 4 is 11.7 Å². The lowest BCUT2D eigenvalue weighted by molar-refractivity contribution is -0.118. The van der Waals surface area contributed by atoms with Crippen LogP contribution in [0, 0.1) is 11.8 Å². The number of hydrogen-bond donors (Lipinski definition) is 4. The number of carbonyl (C=O) groups excluding carboxylic acids is 2. The molecule has 172 valence electrons. The summed E-state index contributed by atoms with van der Waals surface area (Å²) >= 11 is 0. The van der Waals surface area contributed by atoms with E-state index in [2.05, 4.69) is 32.2 Å². The van der Waals surface area contributed by atoms with Crippen molar-refractivity contribution in [1.82, 2.24) is 5.32 Å². The monoisotopic (exact) mass is 439 g/mol. The quantitative estimate of drug-likeness (QED) is 0.197. The van der Waals surface area contributed by atoms with Crippen molar-refractivity contribution in [1.29, 1.82) is 0 Å². The zero-order chi connectivity index (χ0) is 23.8. The maximum Gasteiger partial charge on any atom is 0.259 e. The molecule has 1 amide bonds. The highest BCUT2D eigenvalue weighted by atomic mass is 16.3. The fourth-order valence-electron chi connectivity index (χ4n) is 3.69. The van der Waals surface area contributed by atoms with E-state index in [1.54, 1.807) is 12.2 Å². The van der Waals surface area contributed by atoms with E-state index in [1.807, 2.05) is 13.0 Å². The van der Waals surface area contributed by atoms with Gasteiger partial charge in [0.1, 0.15) is 29.2 Å². The molecular formula is C26H33NO5. The summed E-state index contributed by atoms with van der Waals surface area (Å²) in [6.07, 6.45) is 9.65. The molecule has 1 heterocycles. The van der Waals surface area contributed by atoms with Crippen LogP contribution in [0.5, 0.6) is 5.75 Å². The van der Waals surface area contributed by atoms with Crippen LogP contribution in [-0.2, 0) is 9.59 Å². The van der Waals surface area contributed by atoms with Crippen molar-refractivity contribution in [3.8, 4) is 5.75 Å². The average molecular weight is 440 g/mol. The Morgan fingerprint density at radius 3 is 2.38 bits per heavy atom. The second kappa shape index (κ2) is 11.5. The second-order valence-electron chi connectivity index (χ2n) is 8.47. The van der Waals surface area contributed by atoms with Gasteiger partial charge in [0, 0.05) is 0 Å². The standard InChI is InChI=1S/C26H33NO5/c1-5-16(2)14-18(4)15-17(3)8-6-7-9-21(29)22-25(31)23(27-26(22)32)24(30)19-10-12-20(28)13-11-19/h6-13,15-16,18,23-24,28-30H,5,14H2,1-4H3,(H,27,32)/b8-6+,9-7+,17-15+,22-21+/t16-,18-,23-,24-/m1/s1. The van der Waals surface area contributed by atoms with Gasteiger partial charge in [0.05, 0.1) is 0 Å². The molecular weight excluding hydrogens is 406 g/mol. The number of phenolic OH excluding ortho intramolecular Hbond substituents is 1. The number of ketones is 1. The Kier molecular flexibility index (Phi) is 9.02. The van der Waals surface area contributed by atoms with Crippen LogP contribution in [0.25, 0.3) is 0 Å². The minimum atomic E-state index is -1.30. The summed E-state index contributed by atoms with van der Waals surface area (Å²) in [5.41, 5.74) is 1.07. The van der Waals surface area contributed by atoms with E-state index in [1.165, 1.54) is 30.3 Å². The molecule has 0 aliphatic carbocycles. The topological polar surface area (TPSA) is 107 Å². The SMILES string of the molecule is CC[C@@H](C)C[C@@H](C)/C=C(C)/C=C/C=C/C(O)=C1\C(=O)N[C@H]([C@H](O)c2ccc(O)cc2)C1=O. The number of phenols is 1. The molecule has 0 saturated carbocycles. The van der Waals surface area contributed by atoms with Crippen LogP contribution >= 0.6 is 0 Å². The third-order valence-electron chi connectivity index (χ3n) is 5.59. The zero-order valence-corrected chi connectivity index (χ0v) is 19.1. The minimum absolute atomic E-state index is 0.0224. The number of carbonyl (C=O) groups is 2. The minimum Gasteiger partial charge on any atom is -0.508 e. The van der Waals surface area contributed by atoms with Crippen molar-refractivity contribution in [2.45, 2.75) is 52.7 Å². The Hall–Kier alpha value is -3.12. The van der Waals surface area contributed by atoms with Crippen LogP contribution in [0.4, 0.5) is 0 Å².